The highest BCUT2D eigenvalue weighted by Crippen LogP contribution is 2.33. The number of rotatable bonds is 9. The minimum absolute atomic E-state index is 0.0353. The van der Waals surface area contributed by atoms with Crippen LogP contribution in [0.1, 0.15) is 32.7 Å². The summed E-state index contributed by atoms with van der Waals surface area (Å²) in [5.74, 6) is 0.614. The van der Waals surface area contributed by atoms with Gasteiger partial charge in [-0.05, 0) is 50.3 Å². The fraction of sp³-hybridized carbons (Fsp3) is 0.455. The summed E-state index contributed by atoms with van der Waals surface area (Å²) in [6.07, 6.45) is 2.72. The predicted octanol–water partition coefficient (Wildman–Crippen LogP) is 3.12. The third-order valence-electron chi connectivity index (χ3n) is 5.73. The van der Waals surface area contributed by atoms with Crippen LogP contribution in [0.3, 0.4) is 0 Å². The summed E-state index contributed by atoms with van der Waals surface area (Å²) < 4.78 is 3.29. The monoisotopic (exact) mass is 474 g/mol. The third-order valence-corrected chi connectivity index (χ3v) is 7.08. The first-order chi connectivity index (χ1) is 15.5. The maximum atomic E-state index is 13.2. The second-order valence-electron chi connectivity index (χ2n) is 7.74. The van der Waals surface area contributed by atoms with E-state index in [1.807, 2.05) is 12.1 Å². The SMILES string of the molecule is CCN(CC)CCCNC(=O)CC1CSc2nc3c(cnn3-c3ccc(Cl)cc3)c(=O)n21. The number of carbonyl (C=O) groups excluding carboxylic acids is 1. The highest BCUT2D eigenvalue weighted by molar-refractivity contribution is 7.99. The number of carbonyl (C=O) groups is 1. The number of hydrogen-bond donors (Lipinski definition) is 1. The van der Waals surface area contributed by atoms with Gasteiger partial charge in [0.1, 0.15) is 5.39 Å². The Morgan fingerprint density at radius 1 is 1.28 bits per heavy atom. The lowest BCUT2D eigenvalue weighted by molar-refractivity contribution is -0.121. The van der Waals surface area contributed by atoms with Crippen LogP contribution in [-0.2, 0) is 4.79 Å². The number of halogens is 1. The molecule has 4 rings (SSSR count). The maximum Gasteiger partial charge on any atom is 0.265 e. The maximum absolute atomic E-state index is 13.2. The van der Waals surface area contributed by atoms with Crippen LogP contribution in [0.2, 0.25) is 5.02 Å². The van der Waals surface area contributed by atoms with Crippen molar-refractivity contribution >= 4 is 40.3 Å². The molecule has 1 unspecified atom stereocenters. The highest BCUT2D eigenvalue weighted by Gasteiger charge is 2.29. The van der Waals surface area contributed by atoms with Gasteiger partial charge in [0.2, 0.25) is 5.91 Å². The molecule has 8 nitrogen and oxygen atoms in total. The number of nitrogens with one attached hydrogen (secondary N) is 1. The number of benzene rings is 1. The van der Waals surface area contributed by atoms with Crippen molar-refractivity contribution in [2.24, 2.45) is 0 Å². The number of nitrogens with zero attached hydrogens (tertiary/aromatic N) is 5. The number of fused-ring (bicyclic) bond motifs is 2. The minimum Gasteiger partial charge on any atom is -0.356 e. The predicted molar refractivity (Wildman–Crippen MR) is 128 cm³/mol. The van der Waals surface area contributed by atoms with Gasteiger partial charge in [-0.2, -0.15) is 5.10 Å². The van der Waals surface area contributed by atoms with E-state index in [-0.39, 0.29) is 23.9 Å². The van der Waals surface area contributed by atoms with Gasteiger partial charge >= 0.3 is 0 Å². The second kappa shape index (κ2) is 10.1. The summed E-state index contributed by atoms with van der Waals surface area (Å²) in [5, 5.41) is 9.05. The van der Waals surface area contributed by atoms with Crippen LogP contribution in [0.5, 0.6) is 0 Å². The first-order valence-corrected chi connectivity index (χ1v) is 12.3. The average Bonchev–Trinajstić information content (AvgIpc) is 3.39. The summed E-state index contributed by atoms with van der Waals surface area (Å²) >= 11 is 7.48. The normalized spacial score (nSPS) is 15.4. The first-order valence-electron chi connectivity index (χ1n) is 10.9. The largest absolute Gasteiger partial charge is 0.356 e. The van der Waals surface area contributed by atoms with Crippen molar-refractivity contribution in [3.63, 3.8) is 0 Å². The van der Waals surface area contributed by atoms with Crippen LogP contribution in [0.4, 0.5) is 0 Å². The van der Waals surface area contributed by atoms with Crippen LogP contribution >= 0.6 is 23.4 Å². The molecule has 2 aromatic heterocycles. The summed E-state index contributed by atoms with van der Waals surface area (Å²) in [6.45, 7) is 7.91. The molecule has 170 valence electrons. The van der Waals surface area contributed by atoms with E-state index in [9.17, 15) is 9.59 Å². The molecule has 1 aliphatic heterocycles. The molecule has 1 aliphatic rings. The Balaban J connectivity index is 1.47. The molecule has 0 fully saturated rings. The Kier molecular flexibility index (Phi) is 7.17. The average molecular weight is 475 g/mol. The molecular weight excluding hydrogens is 448 g/mol. The molecule has 0 radical (unpaired) electrons. The Hall–Kier alpha value is -2.36. The van der Waals surface area contributed by atoms with Crippen molar-refractivity contribution in [2.75, 3.05) is 31.9 Å². The van der Waals surface area contributed by atoms with Crippen molar-refractivity contribution in [3.8, 4) is 5.69 Å². The van der Waals surface area contributed by atoms with Crippen molar-refractivity contribution in [2.45, 2.75) is 37.9 Å². The molecule has 0 saturated carbocycles. The summed E-state index contributed by atoms with van der Waals surface area (Å²) in [4.78, 5) is 32.7. The zero-order chi connectivity index (χ0) is 22.7. The van der Waals surface area contributed by atoms with Gasteiger partial charge in [-0.25, -0.2) is 9.67 Å². The van der Waals surface area contributed by atoms with Gasteiger partial charge in [-0.3, -0.25) is 14.2 Å². The lowest BCUT2D eigenvalue weighted by Crippen LogP contribution is -2.32. The standard InChI is InChI=1S/C22H27ClN6O2S/c1-3-27(4-2)11-5-10-24-19(30)12-17-14-32-22-26-20-18(21(31)28(17)22)13-25-29(20)16-8-6-15(23)7-9-16/h6-9,13,17H,3-5,10-12,14H2,1-2H3,(H,24,30). The molecule has 3 heterocycles. The number of aromatic nitrogens is 4. The number of amides is 1. The zero-order valence-electron chi connectivity index (χ0n) is 18.3. The molecule has 0 spiro atoms. The lowest BCUT2D eigenvalue weighted by atomic mass is 10.2. The molecular formula is C22H27ClN6O2S. The van der Waals surface area contributed by atoms with E-state index >= 15 is 0 Å². The molecule has 10 heteroatoms. The van der Waals surface area contributed by atoms with Crippen LogP contribution < -0.4 is 10.9 Å². The summed E-state index contributed by atoms with van der Waals surface area (Å²) in [7, 11) is 0. The smallest absolute Gasteiger partial charge is 0.265 e. The van der Waals surface area contributed by atoms with Crippen molar-refractivity contribution < 1.29 is 4.79 Å². The van der Waals surface area contributed by atoms with Crippen LogP contribution in [0.15, 0.2) is 40.4 Å². The van der Waals surface area contributed by atoms with Crippen LogP contribution in [0.25, 0.3) is 16.7 Å². The van der Waals surface area contributed by atoms with Gasteiger partial charge in [-0.1, -0.05) is 37.2 Å². The molecule has 1 N–H and O–H groups in total. The fourth-order valence-corrected chi connectivity index (χ4v) is 5.17. The third kappa shape index (κ3) is 4.69. The van der Waals surface area contributed by atoms with Gasteiger partial charge in [0.05, 0.1) is 17.9 Å². The molecule has 1 atom stereocenters. The fourth-order valence-electron chi connectivity index (χ4n) is 3.91. The van der Waals surface area contributed by atoms with E-state index in [0.717, 1.165) is 31.7 Å². The van der Waals surface area contributed by atoms with E-state index in [2.05, 4.69) is 29.2 Å². The molecule has 0 aliphatic carbocycles. The van der Waals surface area contributed by atoms with E-state index in [1.165, 1.54) is 11.8 Å². The molecule has 1 aromatic carbocycles. The number of thioether (sulfide) groups is 1. The molecule has 32 heavy (non-hydrogen) atoms. The zero-order valence-corrected chi connectivity index (χ0v) is 19.8. The lowest BCUT2D eigenvalue weighted by Gasteiger charge is -2.18. The van der Waals surface area contributed by atoms with Crippen LogP contribution in [-0.4, -0.2) is 62.1 Å². The van der Waals surface area contributed by atoms with Gasteiger partial charge < -0.3 is 10.2 Å². The Morgan fingerprint density at radius 3 is 2.75 bits per heavy atom. The quantitative estimate of drug-likeness (QED) is 0.379. The van der Waals surface area contributed by atoms with E-state index in [1.54, 1.807) is 27.6 Å². The Bertz CT molecular complexity index is 1160. The Morgan fingerprint density at radius 2 is 2.03 bits per heavy atom. The van der Waals surface area contributed by atoms with Gasteiger partial charge in [-0.15, -0.1) is 0 Å². The van der Waals surface area contributed by atoms with Gasteiger partial charge in [0.15, 0.2) is 10.8 Å². The van der Waals surface area contributed by atoms with E-state index < -0.39 is 0 Å². The molecule has 0 bridgehead atoms. The molecule has 0 saturated heterocycles. The van der Waals surface area contributed by atoms with E-state index in [4.69, 9.17) is 16.6 Å². The van der Waals surface area contributed by atoms with Gasteiger partial charge in [0, 0.05) is 23.7 Å². The van der Waals surface area contributed by atoms with Crippen molar-refractivity contribution in [1.82, 2.24) is 29.5 Å². The van der Waals surface area contributed by atoms with Crippen LogP contribution in [0, 0.1) is 0 Å². The Labute approximate surface area is 195 Å². The van der Waals surface area contributed by atoms with E-state index in [0.29, 0.717) is 33.5 Å². The molecule has 1 amide bonds. The highest BCUT2D eigenvalue weighted by atomic mass is 35.5. The van der Waals surface area contributed by atoms with Crippen molar-refractivity contribution in [1.29, 1.82) is 0 Å². The molecule has 3 aromatic rings. The minimum atomic E-state index is -0.207. The summed E-state index contributed by atoms with van der Waals surface area (Å²) in [5.41, 5.74) is 1.14. The van der Waals surface area contributed by atoms with Gasteiger partial charge in [0.25, 0.3) is 5.56 Å². The second-order valence-corrected chi connectivity index (χ2v) is 9.16. The first kappa shape index (κ1) is 22.8. The van der Waals surface area contributed by atoms with Crippen molar-refractivity contribution in [3.05, 3.63) is 45.8 Å². The summed E-state index contributed by atoms with van der Waals surface area (Å²) in [6, 6.07) is 7.01. The number of hydrogen-bond acceptors (Lipinski definition) is 6. The topological polar surface area (TPSA) is 85.1 Å².